The van der Waals surface area contributed by atoms with Crippen molar-refractivity contribution in [3.8, 4) is 50.9 Å². The molecule has 0 bridgehead atoms. The van der Waals surface area contributed by atoms with Crippen LogP contribution >= 0.6 is 0 Å². The lowest BCUT2D eigenvalue weighted by Gasteiger charge is -2.38. The molecule has 0 unspecified atom stereocenters. The third-order valence-corrected chi connectivity index (χ3v) is 12.4. The van der Waals surface area contributed by atoms with Crippen LogP contribution < -0.4 is 14.4 Å². The number of aromatic nitrogens is 1. The van der Waals surface area contributed by atoms with Gasteiger partial charge in [-0.1, -0.05) is 121 Å². The van der Waals surface area contributed by atoms with Gasteiger partial charge in [0.15, 0.2) is 23.0 Å². The lowest BCUT2D eigenvalue weighted by Crippen LogP contribution is -2.20. The number of hydrogen-bond acceptors (Lipinski definition) is 5. The topological polar surface area (TPSA) is 52.9 Å². The number of anilines is 3. The average Bonchev–Trinajstić information content (AvgIpc) is 3.99. The molecule has 5 heterocycles. The zero-order chi connectivity index (χ0) is 39.1. The fraction of sp³-hybridized carbons (Fsp3) is 0. The molecule has 2 aliphatic rings. The highest BCUT2D eigenvalue weighted by molar-refractivity contribution is 6.16. The summed E-state index contributed by atoms with van der Waals surface area (Å²) in [6.07, 6.45) is 0. The normalized spacial score (nSPS) is 12.9. The molecule has 14 rings (SSSR count). The summed E-state index contributed by atoms with van der Waals surface area (Å²) < 4.78 is 29.6. The van der Waals surface area contributed by atoms with Crippen molar-refractivity contribution in [3.05, 3.63) is 182 Å². The first-order valence-corrected chi connectivity index (χ1v) is 20.2. The van der Waals surface area contributed by atoms with Crippen LogP contribution in [-0.2, 0) is 0 Å². The Kier molecular flexibility index (Phi) is 6.20. The third-order valence-electron chi connectivity index (χ3n) is 12.4. The van der Waals surface area contributed by atoms with Crippen molar-refractivity contribution >= 4 is 82.7 Å². The minimum absolute atomic E-state index is 0.724. The van der Waals surface area contributed by atoms with Crippen LogP contribution in [0.5, 0.6) is 23.0 Å². The number of furan rings is 2. The third kappa shape index (κ3) is 4.26. The molecule has 0 saturated carbocycles. The number of fused-ring (bicyclic) bond motifs is 14. The van der Waals surface area contributed by atoms with Crippen LogP contribution in [-0.4, -0.2) is 4.57 Å². The highest BCUT2D eigenvalue weighted by Crippen LogP contribution is 2.63. The van der Waals surface area contributed by atoms with Crippen LogP contribution in [0.2, 0.25) is 0 Å². The Morgan fingerprint density at radius 3 is 1.58 bits per heavy atom. The van der Waals surface area contributed by atoms with Crippen molar-refractivity contribution in [2.75, 3.05) is 4.90 Å². The van der Waals surface area contributed by atoms with E-state index in [0.29, 0.717) is 0 Å². The van der Waals surface area contributed by atoms with E-state index in [1.807, 2.05) is 24.3 Å². The molecular weight excluding hydrogens is 741 g/mol. The summed E-state index contributed by atoms with van der Waals surface area (Å²) in [6.45, 7) is 0. The van der Waals surface area contributed by atoms with E-state index in [1.54, 1.807) is 0 Å². The predicted molar refractivity (Wildman–Crippen MR) is 241 cm³/mol. The number of rotatable bonds is 3. The Hall–Kier alpha value is -8.22. The molecule has 0 atom stereocenters. The molecule has 0 saturated heterocycles. The second-order valence-electron chi connectivity index (χ2n) is 15.6. The van der Waals surface area contributed by atoms with Gasteiger partial charge in [0, 0.05) is 49.1 Å². The summed E-state index contributed by atoms with van der Waals surface area (Å²) in [4.78, 5) is 2.31. The Morgan fingerprint density at radius 2 is 0.933 bits per heavy atom. The summed E-state index contributed by atoms with van der Waals surface area (Å²) >= 11 is 0. The Bertz CT molecular complexity index is 3790. The first kappa shape index (κ1) is 31.8. The number of ether oxygens (including phenoxy) is 2. The van der Waals surface area contributed by atoms with E-state index in [9.17, 15) is 0 Å². The van der Waals surface area contributed by atoms with Crippen LogP contribution in [0, 0.1) is 0 Å². The molecule has 0 N–H and O–H groups in total. The average molecular weight is 771 g/mol. The fourth-order valence-corrected chi connectivity index (χ4v) is 9.73. The maximum absolute atomic E-state index is 7.26. The largest absolute Gasteiger partial charge is 0.455 e. The Morgan fingerprint density at radius 1 is 0.383 bits per heavy atom. The van der Waals surface area contributed by atoms with Crippen LogP contribution in [0.3, 0.4) is 0 Å². The second kappa shape index (κ2) is 11.7. The molecule has 12 aromatic rings. The van der Waals surface area contributed by atoms with Gasteiger partial charge in [0.05, 0.1) is 22.4 Å². The molecule has 0 spiro atoms. The first-order valence-electron chi connectivity index (χ1n) is 20.2. The van der Waals surface area contributed by atoms with Crippen molar-refractivity contribution < 1.29 is 18.3 Å². The Balaban J connectivity index is 1.02. The molecule has 0 aliphatic carbocycles. The minimum Gasteiger partial charge on any atom is -0.455 e. The number of hydrogen-bond donors (Lipinski definition) is 0. The lowest BCUT2D eigenvalue weighted by atomic mass is 9.98. The second-order valence-corrected chi connectivity index (χ2v) is 15.6. The van der Waals surface area contributed by atoms with Crippen LogP contribution in [0.15, 0.2) is 191 Å². The quantitative estimate of drug-likeness (QED) is 0.179. The number of para-hydroxylation sites is 6. The van der Waals surface area contributed by atoms with Gasteiger partial charge in [-0.2, -0.15) is 0 Å². The predicted octanol–water partition coefficient (Wildman–Crippen LogP) is 15.6. The monoisotopic (exact) mass is 770 g/mol. The first-order chi connectivity index (χ1) is 29.7. The van der Waals surface area contributed by atoms with Gasteiger partial charge in [0.2, 0.25) is 0 Å². The van der Waals surface area contributed by atoms with E-state index < -0.39 is 0 Å². The SMILES string of the molecule is c1ccc(-n2c3ccccc3c3cc4c5c(c32)Oc2cc(-c3cccc6c3oc3ccccc36)ccc2N5c2ccc(-c3cccc5c3oc3ccccc35)cc2O4)cc1. The van der Waals surface area contributed by atoms with Crippen molar-refractivity contribution in [3.63, 3.8) is 0 Å². The summed E-state index contributed by atoms with van der Waals surface area (Å²) in [5, 5.41) is 6.53. The van der Waals surface area contributed by atoms with E-state index in [0.717, 1.165) is 134 Å². The van der Waals surface area contributed by atoms with Crippen molar-refractivity contribution in [1.82, 2.24) is 4.57 Å². The van der Waals surface area contributed by atoms with Crippen LogP contribution in [0.1, 0.15) is 0 Å². The van der Waals surface area contributed by atoms with E-state index >= 15 is 0 Å². The van der Waals surface area contributed by atoms with Gasteiger partial charge >= 0.3 is 0 Å². The lowest BCUT2D eigenvalue weighted by molar-refractivity contribution is 0.449. The smallest absolute Gasteiger partial charge is 0.180 e. The molecule has 3 aromatic heterocycles. The van der Waals surface area contributed by atoms with Crippen molar-refractivity contribution in [1.29, 1.82) is 0 Å². The zero-order valence-electron chi connectivity index (χ0n) is 31.8. The molecule has 0 amide bonds. The molecular formula is C54H30N2O4. The van der Waals surface area contributed by atoms with Gasteiger partial charge in [-0.05, 0) is 71.8 Å². The summed E-state index contributed by atoms with van der Waals surface area (Å²) in [6, 6.07) is 63.3. The van der Waals surface area contributed by atoms with E-state index in [4.69, 9.17) is 18.3 Å². The summed E-state index contributed by atoms with van der Waals surface area (Å²) in [5.41, 5.74) is 13.3. The van der Waals surface area contributed by atoms with Crippen molar-refractivity contribution in [2.45, 2.75) is 0 Å². The molecule has 280 valence electrons. The van der Waals surface area contributed by atoms with Gasteiger partial charge in [-0.3, -0.25) is 4.90 Å². The van der Waals surface area contributed by atoms with Crippen LogP contribution in [0.25, 0.3) is 93.6 Å². The maximum atomic E-state index is 7.26. The van der Waals surface area contributed by atoms with Crippen LogP contribution in [0.4, 0.5) is 17.1 Å². The summed E-state index contributed by atoms with van der Waals surface area (Å²) in [5.74, 6) is 2.94. The maximum Gasteiger partial charge on any atom is 0.180 e. The number of nitrogens with zero attached hydrogens (tertiary/aromatic N) is 2. The van der Waals surface area contributed by atoms with Crippen molar-refractivity contribution in [2.24, 2.45) is 0 Å². The Labute approximate surface area is 342 Å². The van der Waals surface area contributed by atoms with Gasteiger partial charge in [0.1, 0.15) is 28.0 Å². The molecule has 60 heavy (non-hydrogen) atoms. The minimum atomic E-state index is 0.724. The standard InChI is InChI=1S/C54H30N2O4/c1-2-12-33(13-3-1)55-42-21-7-4-14-36(42)41-30-49-51-54(50(41)55)60-48-29-32(35-18-11-20-40-38-16-6-9-23-46(38)59-53(35)40)25-27-44(48)56(51)43-26-24-31(28-47(43)57-49)34-17-10-19-39-37-15-5-8-22-45(37)58-52(34)39/h1-30H. The highest BCUT2D eigenvalue weighted by Gasteiger charge is 2.38. The number of benzene rings is 9. The van der Waals surface area contributed by atoms with Gasteiger partial charge in [-0.15, -0.1) is 0 Å². The molecule has 2 aliphatic heterocycles. The van der Waals surface area contributed by atoms with Gasteiger partial charge in [0.25, 0.3) is 0 Å². The van der Waals surface area contributed by atoms with E-state index in [1.165, 1.54) is 0 Å². The van der Waals surface area contributed by atoms with Gasteiger partial charge < -0.3 is 22.9 Å². The molecule has 6 nitrogen and oxygen atoms in total. The zero-order valence-corrected chi connectivity index (χ0v) is 31.8. The summed E-state index contributed by atoms with van der Waals surface area (Å²) in [7, 11) is 0. The fourth-order valence-electron chi connectivity index (χ4n) is 9.73. The van der Waals surface area contributed by atoms with Gasteiger partial charge in [-0.25, -0.2) is 0 Å². The molecule has 0 fully saturated rings. The molecule has 6 heteroatoms. The highest BCUT2D eigenvalue weighted by atomic mass is 16.5. The van der Waals surface area contributed by atoms with E-state index in [-0.39, 0.29) is 0 Å². The van der Waals surface area contributed by atoms with E-state index in [2.05, 4.69) is 167 Å². The molecule has 9 aromatic carbocycles. The molecule has 0 radical (unpaired) electrons.